The number of fused-ring (bicyclic) bond motifs is 1. The normalized spacial score (nSPS) is 15.8. The SMILES string of the molecule is Cc1cc(C(=O)NC(C(=O)O)C2CC2)c2cnn(C(C)C)c2n1. The number of rotatable bonds is 5. The third kappa shape index (κ3) is 2.91. The van der Waals surface area contributed by atoms with Gasteiger partial charge in [0.1, 0.15) is 6.04 Å². The van der Waals surface area contributed by atoms with Crippen LogP contribution >= 0.6 is 0 Å². The number of hydrogen-bond acceptors (Lipinski definition) is 4. The fraction of sp³-hybridized carbons (Fsp3) is 0.500. The molecule has 2 heterocycles. The van der Waals surface area contributed by atoms with Crippen LogP contribution in [0.5, 0.6) is 0 Å². The summed E-state index contributed by atoms with van der Waals surface area (Å²) in [6.07, 6.45) is 3.30. The molecule has 0 aromatic carbocycles. The molecular weight excluding hydrogens is 296 g/mol. The minimum absolute atomic E-state index is 0.0354. The molecule has 1 aliphatic rings. The van der Waals surface area contributed by atoms with Crippen molar-refractivity contribution in [2.24, 2.45) is 5.92 Å². The molecule has 0 saturated heterocycles. The number of carbonyl (C=O) groups is 2. The van der Waals surface area contributed by atoms with Crippen molar-refractivity contribution in [3.8, 4) is 0 Å². The summed E-state index contributed by atoms with van der Waals surface area (Å²) in [4.78, 5) is 28.4. The number of carboxylic acid groups (broad SMARTS) is 1. The number of carbonyl (C=O) groups excluding carboxylic acids is 1. The van der Waals surface area contributed by atoms with E-state index in [1.54, 1.807) is 16.9 Å². The van der Waals surface area contributed by atoms with Crippen LogP contribution in [0.4, 0.5) is 0 Å². The summed E-state index contributed by atoms with van der Waals surface area (Å²) in [7, 11) is 0. The molecular formula is C16H20N4O3. The van der Waals surface area contributed by atoms with Gasteiger partial charge in [0, 0.05) is 11.7 Å². The molecule has 2 aromatic heterocycles. The average Bonchev–Trinajstić information content (AvgIpc) is 3.22. The number of aryl methyl sites for hydroxylation is 1. The van der Waals surface area contributed by atoms with Gasteiger partial charge in [-0.2, -0.15) is 5.10 Å². The van der Waals surface area contributed by atoms with E-state index < -0.39 is 12.0 Å². The van der Waals surface area contributed by atoms with Crippen molar-refractivity contribution in [1.29, 1.82) is 0 Å². The van der Waals surface area contributed by atoms with Gasteiger partial charge in [0.15, 0.2) is 5.65 Å². The maximum absolute atomic E-state index is 12.6. The summed E-state index contributed by atoms with van der Waals surface area (Å²) in [5.74, 6) is -1.34. The Hall–Kier alpha value is -2.44. The summed E-state index contributed by atoms with van der Waals surface area (Å²) < 4.78 is 1.76. The lowest BCUT2D eigenvalue weighted by Crippen LogP contribution is -2.42. The number of nitrogens with one attached hydrogen (secondary N) is 1. The molecule has 122 valence electrons. The number of hydrogen-bond donors (Lipinski definition) is 2. The van der Waals surface area contributed by atoms with Gasteiger partial charge in [-0.1, -0.05) is 0 Å². The fourth-order valence-electron chi connectivity index (χ4n) is 2.74. The first kappa shape index (κ1) is 15.5. The lowest BCUT2D eigenvalue weighted by atomic mass is 10.1. The summed E-state index contributed by atoms with van der Waals surface area (Å²) in [5.41, 5.74) is 1.76. The second kappa shape index (κ2) is 5.64. The molecule has 7 heteroatoms. The lowest BCUT2D eigenvalue weighted by Gasteiger charge is -2.14. The topological polar surface area (TPSA) is 97.1 Å². The van der Waals surface area contributed by atoms with Gasteiger partial charge in [-0.05, 0) is 45.6 Å². The highest BCUT2D eigenvalue weighted by atomic mass is 16.4. The van der Waals surface area contributed by atoms with Crippen molar-refractivity contribution >= 4 is 22.9 Å². The number of carboxylic acids is 1. The maximum Gasteiger partial charge on any atom is 0.326 e. The highest BCUT2D eigenvalue weighted by Gasteiger charge is 2.37. The van der Waals surface area contributed by atoms with Crippen molar-refractivity contribution in [3.63, 3.8) is 0 Å². The van der Waals surface area contributed by atoms with Crippen LogP contribution < -0.4 is 5.32 Å². The van der Waals surface area contributed by atoms with Crippen LogP contribution in [0.3, 0.4) is 0 Å². The predicted molar refractivity (Wildman–Crippen MR) is 84.3 cm³/mol. The van der Waals surface area contributed by atoms with Gasteiger partial charge < -0.3 is 10.4 Å². The Labute approximate surface area is 133 Å². The monoisotopic (exact) mass is 316 g/mol. The molecule has 1 aliphatic carbocycles. The van der Waals surface area contributed by atoms with E-state index in [0.29, 0.717) is 22.3 Å². The number of nitrogens with zero attached hydrogens (tertiary/aromatic N) is 3. The molecule has 1 amide bonds. The van der Waals surface area contributed by atoms with Gasteiger partial charge in [0.05, 0.1) is 17.1 Å². The fourth-order valence-corrected chi connectivity index (χ4v) is 2.74. The van der Waals surface area contributed by atoms with Gasteiger partial charge in [-0.25, -0.2) is 14.5 Å². The van der Waals surface area contributed by atoms with Crippen molar-refractivity contribution < 1.29 is 14.7 Å². The predicted octanol–water partition coefficient (Wildman–Crippen LogP) is 1.91. The molecule has 1 atom stereocenters. The Kier molecular flexibility index (Phi) is 3.79. The highest BCUT2D eigenvalue weighted by molar-refractivity contribution is 6.06. The molecule has 7 nitrogen and oxygen atoms in total. The molecule has 1 saturated carbocycles. The highest BCUT2D eigenvalue weighted by Crippen LogP contribution is 2.33. The maximum atomic E-state index is 12.6. The zero-order chi connectivity index (χ0) is 16.7. The molecule has 1 unspecified atom stereocenters. The number of aliphatic carboxylic acids is 1. The standard InChI is InChI=1S/C16H20N4O3/c1-8(2)20-14-12(7-17-20)11(6-9(3)18-14)15(21)19-13(16(22)23)10-4-5-10/h6-8,10,13H,4-5H2,1-3H3,(H,19,21)(H,22,23). The first-order valence-electron chi connectivity index (χ1n) is 7.77. The minimum atomic E-state index is -0.985. The smallest absolute Gasteiger partial charge is 0.326 e. The van der Waals surface area contributed by atoms with Gasteiger partial charge >= 0.3 is 5.97 Å². The minimum Gasteiger partial charge on any atom is -0.480 e. The molecule has 0 radical (unpaired) electrons. The molecule has 2 N–H and O–H groups in total. The Balaban J connectivity index is 1.98. The van der Waals surface area contributed by atoms with Crippen LogP contribution in [0, 0.1) is 12.8 Å². The van der Waals surface area contributed by atoms with E-state index in [9.17, 15) is 14.7 Å². The zero-order valence-electron chi connectivity index (χ0n) is 13.4. The molecule has 0 aliphatic heterocycles. The van der Waals surface area contributed by atoms with E-state index >= 15 is 0 Å². The zero-order valence-corrected chi connectivity index (χ0v) is 13.4. The molecule has 3 rings (SSSR count). The van der Waals surface area contributed by atoms with Gasteiger partial charge in [0.25, 0.3) is 5.91 Å². The van der Waals surface area contributed by atoms with Crippen LogP contribution in [0.2, 0.25) is 0 Å². The largest absolute Gasteiger partial charge is 0.480 e. The Morgan fingerprint density at radius 1 is 1.39 bits per heavy atom. The first-order valence-corrected chi connectivity index (χ1v) is 7.77. The van der Waals surface area contributed by atoms with Crippen LogP contribution in [0.25, 0.3) is 11.0 Å². The Morgan fingerprint density at radius 2 is 2.09 bits per heavy atom. The van der Waals surface area contributed by atoms with E-state index in [-0.39, 0.29) is 17.9 Å². The second-order valence-electron chi connectivity index (χ2n) is 6.36. The van der Waals surface area contributed by atoms with E-state index in [2.05, 4.69) is 15.4 Å². The quantitative estimate of drug-likeness (QED) is 0.878. The van der Waals surface area contributed by atoms with Crippen molar-refractivity contribution in [2.45, 2.75) is 45.7 Å². The van der Waals surface area contributed by atoms with E-state index in [0.717, 1.165) is 12.8 Å². The molecule has 1 fully saturated rings. The third-order valence-corrected chi connectivity index (χ3v) is 4.07. The number of aromatic nitrogens is 3. The molecule has 23 heavy (non-hydrogen) atoms. The van der Waals surface area contributed by atoms with E-state index in [1.165, 1.54) is 0 Å². The first-order chi connectivity index (χ1) is 10.9. The summed E-state index contributed by atoms with van der Waals surface area (Å²) in [6, 6.07) is 0.970. The van der Waals surface area contributed by atoms with Crippen molar-refractivity contribution in [3.05, 3.63) is 23.5 Å². The molecule has 0 bridgehead atoms. The number of pyridine rings is 1. The van der Waals surface area contributed by atoms with Gasteiger partial charge in [-0.15, -0.1) is 0 Å². The average molecular weight is 316 g/mol. The number of amides is 1. The third-order valence-electron chi connectivity index (χ3n) is 4.07. The van der Waals surface area contributed by atoms with E-state index in [4.69, 9.17) is 0 Å². The summed E-state index contributed by atoms with van der Waals surface area (Å²) in [5, 5.41) is 16.9. The van der Waals surface area contributed by atoms with Crippen molar-refractivity contribution in [2.75, 3.05) is 0 Å². The molecule has 0 spiro atoms. The van der Waals surface area contributed by atoms with Crippen LogP contribution in [0.15, 0.2) is 12.3 Å². The van der Waals surface area contributed by atoms with Crippen LogP contribution in [0.1, 0.15) is 48.8 Å². The lowest BCUT2D eigenvalue weighted by molar-refractivity contribution is -0.139. The van der Waals surface area contributed by atoms with Gasteiger partial charge in [-0.3, -0.25) is 4.79 Å². The second-order valence-corrected chi connectivity index (χ2v) is 6.36. The van der Waals surface area contributed by atoms with Crippen molar-refractivity contribution in [1.82, 2.24) is 20.1 Å². The Bertz CT molecular complexity index is 777. The van der Waals surface area contributed by atoms with Crippen LogP contribution in [-0.2, 0) is 4.79 Å². The summed E-state index contributed by atoms with van der Waals surface area (Å²) in [6.45, 7) is 5.79. The Morgan fingerprint density at radius 3 is 2.65 bits per heavy atom. The van der Waals surface area contributed by atoms with Gasteiger partial charge in [0.2, 0.25) is 0 Å². The van der Waals surface area contributed by atoms with E-state index in [1.807, 2.05) is 20.8 Å². The van der Waals surface area contributed by atoms with Crippen LogP contribution in [-0.4, -0.2) is 37.8 Å². The summed E-state index contributed by atoms with van der Waals surface area (Å²) >= 11 is 0. The molecule has 2 aromatic rings.